The van der Waals surface area contributed by atoms with E-state index in [0.717, 1.165) is 29.5 Å². The van der Waals surface area contributed by atoms with Crippen LogP contribution in [-0.4, -0.2) is 16.8 Å². The van der Waals surface area contributed by atoms with E-state index in [2.05, 4.69) is 11.4 Å². The van der Waals surface area contributed by atoms with Gasteiger partial charge in [-0.3, -0.25) is 9.69 Å². The Morgan fingerprint density at radius 1 is 1.16 bits per heavy atom. The van der Waals surface area contributed by atoms with Gasteiger partial charge in [-0.2, -0.15) is 5.26 Å². The molecule has 2 aromatic rings. The predicted molar refractivity (Wildman–Crippen MR) is 91.3 cm³/mol. The average molecular weight is 331 g/mol. The van der Waals surface area contributed by atoms with Crippen molar-refractivity contribution in [3.63, 3.8) is 0 Å². The van der Waals surface area contributed by atoms with Crippen LogP contribution in [0.2, 0.25) is 0 Å². The highest BCUT2D eigenvalue weighted by molar-refractivity contribution is 6.07. The summed E-state index contributed by atoms with van der Waals surface area (Å²) < 4.78 is 0. The zero-order valence-electron chi connectivity index (χ0n) is 13.7. The summed E-state index contributed by atoms with van der Waals surface area (Å²) >= 11 is 0. The number of amides is 3. The molecule has 1 fully saturated rings. The molecule has 1 N–H and O–H groups in total. The number of nitriles is 1. The van der Waals surface area contributed by atoms with Gasteiger partial charge < -0.3 is 5.32 Å². The molecule has 5 heteroatoms. The summed E-state index contributed by atoms with van der Waals surface area (Å²) in [6.45, 7) is 0.171. The molecule has 0 unspecified atom stereocenters. The van der Waals surface area contributed by atoms with Crippen molar-refractivity contribution in [1.82, 2.24) is 10.2 Å². The Hall–Kier alpha value is -3.13. The minimum absolute atomic E-state index is 0.171. The van der Waals surface area contributed by atoms with E-state index in [1.54, 1.807) is 18.2 Å². The number of imide groups is 1. The first-order valence-corrected chi connectivity index (χ1v) is 8.35. The van der Waals surface area contributed by atoms with Crippen molar-refractivity contribution in [1.29, 1.82) is 5.26 Å². The van der Waals surface area contributed by atoms with Crippen LogP contribution >= 0.6 is 0 Å². The Balaban J connectivity index is 1.69. The molecule has 0 aromatic heterocycles. The van der Waals surface area contributed by atoms with Gasteiger partial charge in [0.25, 0.3) is 5.91 Å². The third-order valence-electron chi connectivity index (χ3n) is 5.05. The molecule has 1 spiro atoms. The topological polar surface area (TPSA) is 73.2 Å². The number of hydrogen-bond donors (Lipinski definition) is 1. The van der Waals surface area contributed by atoms with Crippen LogP contribution in [0.5, 0.6) is 0 Å². The summed E-state index contributed by atoms with van der Waals surface area (Å²) in [6, 6.07) is 16.5. The van der Waals surface area contributed by atoms with Gasteiger partial charge in [-0.05, 0) is 48.1 Å². The minimum Gasteiger partial charge on any atom is -0.319 e. The van der Waals surface area contributed by atoms with Crippen molar-refractivity contribution in [3.8, 4) is 6.07 Å². The molecule has 2 aromatic carbocycles. The summed E-state index contributed by atoms with van der Waals surface area (Å²) in [7, 11) is 0. The molecule has 5 nitrogen and oxygen atoms in total. The first kappa shape index (κ1) is 15.4. The minimum atomic E-state index is -0.946. The van der Waals surface area contributed by atoms with Gasteiger partial charge in [0.15, 0.2) is 0 Å². The largest absolute Gasteiger partial charge is 0.325 e. The summed E-state index contributed by atoms with van der Waals surface area (Å²) in [5.41, 5.74) is 2.37. The number of carbonyl (C=O) groups excluding carboxylic acids is 2. The third-order valence-corrected chi connectivity index (χ3v) is 5.05. The van der Waals surface area contributed by atoms with Gasteiger partial charge in [-0.25, -0.2) is 4.79 Å². The van der Waals surface area contributed by atoms with E-state index in [1.807, 2.05) is 30.3 Å². The fourth-order valence-electron chi connectivity index (χ4n) is 3.88. The monoisotopic (exact) mass is 331 g/mol. The highest BCUT2D eigenvalue weighted by atomic mass is 16.2. The van der Waals surface area contributed by atoms with Crippen molar-refractivity contribution in [3.05, 3.63) is 70.8 Å². The lowest BCUT2D eigenvalue weighted by Crippen LogP contribution is -2.46. The van der Waals surface area contributed by atoms with E-state index in [9.17, 15) is 9.59 Å². The molecule has 2 aliphatic rings. The van der Waals surface area contributed by atoms with Gasteiger partial charge in [0.2, 0.25) is 0 Å². The number of fused-ring (bicyclic) bond motifs is 2. The van der Waals surface area contributed by atoms with Crippen molar-refractivity contribution in [2.24, 2.45) is 0 Å². The first-order valence-electron chi connectivity index (χ1n) is 8.35. The SMILES string of the molecule is N#Cc1cccc(CN2C(=O)N[C@@]3(CCCc4ccccc43)C2=O)c1. The molecule has 0 radical (unpaired) electrons. The molecule has 3 amide bonds. The Bertz CT molecular complexity index is 915. The van der Waals surface area contributed by atoms with Gasteiger partial charge in [-0.1, -0.05) is 36.4 Å². The van der Waals surface area contributed by atoms with E-state index in [4.69, 9.17) is 5.26 Å². The number of urea groups is 1. The van der Waals surface area contributed by atoms with Crippen molar-refractivity contribution < 1.29 is 9.59 Å². The smallest absolute Gasteiger partial charge is 0.319 e. The van der Waals surface area contributed by atoms with E-state index in [0.29, 0.717) is 12.0 Å². The lowest BCUT2D eigenvalue weighted by molar-refractivity contribution is -0.132. The maximum absolute atomic E-state index is 13.2. The van der Waals surface area contributed by atoms with Crippen LogP contribution in [0.4, 0.5) is 4.79 Å². The maximum Gasteiger partial charge on any atom is 0.325 e. The van der Waals surface area contributed by atoms with Gasteiger partial charge in [0.1, 0.15) is 5.54 Å². The van der Waals surface area contributed by atoms with Crippen molar-refractivity contribution in [2.45, 2.75) is 31.3 Å². The summed E-state index contributed by atoms with van der Waals surface area (Å²) in [5.74, 6) is -0.202. The molecule has 0 saturated carbocycles. The number of nitrogens with one attached hydrogen (secondary N) is 1. The Kier molecular flexibility index (Phi) is 3.54. The third kappa shape index (κ3) is 2.38. The van der Waals surface area contributed by atoms with Crippen LogP contribution in [-0.2, 0) is 23.3 Å². The van der Waals surface area contributed by atoms with Crippen LogP contribution < -0.4 is 5.32 Å². The highest BCUT2D eigenvalue weighted by Crippen LogP contribution is 2.40. The fourth-order valence-corrected chi connectivity index (χ4v) is 3.88. The number of benzene rings is 2. The van der Waals surface area contributed by atoms with Gasteiger partial charge in [0, 0.05) is 0 Å². The van der Waals surface area contributed by atoms with Crippen LogP contribution in [0.1, 0.15) is 35.1 Å². The molecule has 1 aliphatic heterocycles. The first-order chi connectivity index (χ1) is 12.1. The van der Waals surface area contributed by atoms with E-state index in [1.165, 1.54) is 4.90 Å². The van der Waals surface area contributed by atoms with Gasteiger partial charge >= 0.3 is 6.03 Å². The number of nitrogens with zero attached hydrogens (tertiary/aromatic N) is 2. The molecule has 1 saturated heterocycles. The molecule has 4 rings (SSSR count). The van der Waals surface area contributed by atoms with Crippen LogP contribution in [0, 0.1) is 11.3 Å². The molecule has 1 aliphatic carbocycles. The van der Waals surface area contributed by atoms with Gasteiger partial charge in [0.05, 0.1) is 18.2 Å². The van der Waals surface area contributed by atoms with Crippen LogP contribution in [0.25, 0.3) is 0 Å². The second-order valence-corrected chi connectivity index (χ2v) is 6.55. The standard InChI is InChI=1S/C20H17N3O2/c21-12-14-5-3-6-15(11-14)13-23-18(24)20(22-19(23)25)10-4-8-16-7-1-2-9-17(16)20/h1-3,5-7,9,11H,4,8,10,13H2,(H,22,25)/t20-/m1/s1. The lowest BCUT2D eigenvalue weighted by Gasteiger charge is -2.33. The van der Waals surface area contributed by atoms with E-state index >= 15 is 0 Å². The quantitative estimate of drug-likeness (QED) is 0.860. The molecular formula is C20H17N3O2. The summed E-state index contributed by atoms with van der Waals surface area (Å²) in [4.78, 5) is 27.0. The predicted octanol–water partition coefficient (Wildman–Crippen LogP) is 2.84. The normalized spacial score (nSPS) is 21.8. The molecule has 0 bridgehead atoms. The van der Waals surface area contributed by atoms with E-state index in [-0.39, 0.29) is 18.5 Å². The molecule has 124 valence electrons. The zero-order valence-corrected chi connectivity index (χ0v) is 13.7. The lowest BCUT2D eigenvalue weighted by atomic mass is 9.76. The number of rotatable bonds is 2. The molecule has 1 atom stereocenters. The van der Waals surface area contributed by atoms with Crippen LogP contribution in [0.15, 0.2) is 48.5 Å². The zero-order chi connectivity index (χ0) is 17.4. The maximum atomic E-state index is 13.2. The Labute approximate surface area is 145 Å². The Morgan fingerprint density at radius 2 is 2.00 bits per heavy atom. The summed E-state index contributed by atoms with van der Waals surface area (Å²) in [6.07, 6.45) is 2.40. The second kappa shape index (κ2) is 5.75. The summed E-state index contributed by atoms with van der Waals surface area (Å²) in [5, 5.41) is 12.0. The van der Waals surface area contributed by atoms with Crippen molar-refractivity contribution in [2.75, 3.05) is 0 Å². The van der Waals surface area contributed by atoms with Crippen molar-refractivity contribution >= 4 is 11.9 Å². The molecular weight excluding hydrogens is 314 g/mol. The Morgan fingerprint density at radius 3 is 2.84 bits per heavy atom. The highest BCUT2D eigenvalue weighted by Gasteiger charge is 2.53. The fraction of sp³-hybridized carbons (Fsp3) is 0.250. The average Bonchev–Trinajstić information content (AvgIpc) is 2.87. The molecule has 1 heterocycles. The van der Waals surface area contributed by atoms with E-state index < -0.39 is 5.54 Å². The molecule has 25 heavy (non-hydrogen) atoms. The number of aryl methyl sites for hydroxylation is 1. The van der Waals surface area contributed by atoms with Crippen LogP contribution in [0.3, 0.4) is 0 Å². The number of hydrogen-bond acceptors (Lipinski definition) is 3. The number of carbonyl (C=O) groups is 2. The van der Waals surface area contributed by atoms with Gasteiger partial charge in [-0.15, -0.1) is 0 Å². The second-order valence-electron chi connectivity index (χ2n) is 6.55.